The molecule has 0 fully saturated rings. The third-order valence-corrected chi connectivity index (χ3v) is 2.15. The fourth-order valence-electron chi connectivity index (χ4n) is 0.976. The Morgan fingerprint density at radius 2 is 2.33 bits per heavy atom. The summed E-state index contributed by atoms with van der Waals surface area (Å²) in [6.07, 6.45) is 3.38. The summed E-state index contributed by atoms with van der Waals surface area (Å²) in [5.74, 6) is 0.624. The molecule has 0 amide bonds. The van der Waals surface area contributed by atoms with Gasteiger partial charge >= 0.3 is 0 Å². The highest BCUT2D eigenvalue weighted by molar-refractivity contribution is 9.10. The maximum absolute atomic E-state index is 4.19. The van der Waals surface area contributed by atoms with E-state index in [1.165, 1.54) is 0 Å². The first-order chi connectivity index (χ1) is 5.81. The zero-order chi connectivity index (χ0) is 8.55. The van der Waals surface area contributed by atoms with Crippen molar-refractivity contribution in [3.8, 4) is 0 Å². The molecule has 12 heavy (non-hydrogen) atoms. The molecule has 2 heterocycles. The largest absolute Gasteiger partial charge is 0.233 e. The molecule has 0 aromatic carbocycles. The zero-order valence-electron chi connectivity index (χ0n) is 6.24. The summed E-state index contributed by atoms with van der Waals surface area (Å²) in [5, 5.41) is 4.19. The van der Waals surface area contributed by atoms with Crippen molar-refractivity contribution in [2.75, 3.05) is 0 Å². The third kappa shape index (κ3) is 1.04. The molecule has 0 bridgehead atoms. The second-order valence-electron chi connectivity index (χ2n) is 2.31. The van der Waals surface area contributed by atoms with Gasteiger partial charge in [0.25, 0.3) is 0 Å². The molecule has 3 nitrogen and oxygen atoms in total. The Morgan fingerprint density at radius 3 is 3.08 bits per heavy atom. The molecule has 0 saturated carbocycles. The topological polar surface area (TPSA) is 30.2 Å². The van der Waals surface area contributed by atoms with E-state index in [4.69, 9.17) is 0 Å². The van der Waals surface area contributed by atoms with Crippen molar-refractivity contribution in [1.82, 2.24) is 14.6 Å². The van der Waals surface area contributed by atoms with Crippen LogP contribution in [0.5, 0.6) is 0 Å². The molecule has 0 aliphatic rings. The number of halogens is 1. The Balaban J connectivity index is 2.79. The number of nitrogens with zero attached hydrogens (tertiary/aromatic N) is 3. The zero-order valence-corrected chi connectivity index (χ0v) is 7.82. The number of hydrogen-bond donors (Lipinski definition) is 0. The van der Waals surface area contributed by atoms with Crippen LogP contribution in [0.25, 0.3) is 11.6 Å². The molecule has 0 atom stereocenters. The lowest BCUT2D eigenvalue weighted by Crippen LogP contribution is -1.96. The van der Waals surface area contributed by atoms with E-state index >= 15 is 0 Å². The van der Waals surface area contributed by atoms with Crippen molar-refractivity contribution in [2.24, 2.45) is 0 Å². The second kappa shape index (κ2) is 2.71. The highest BCUT2D eigenvalue weighted by Crippen LogP contribution is 2.13. The molecule has 60 valence electrons. The van der Waals surface area contributed by atoms with E-state index in [1.807, 2.05) is 12.1 Å². The maximum Gasteiger partial charge on any atom is 0.172 e. The number of aromatic nitrogens is 3. The maximum atomic E-state index is 4.19. The molecule has 2 aromatic heterocycles. The first-order valence-electron chi connectivity index (χ1n) is 3.44. The molecule has 0 saturated heterocycles. The highest BCUT2D eigenvalue weighted by Gasteiger charge is 1.99. The molecule has 2 rings (SSSR count). The molecular weight excluding hydrogens is 218 g/mol. The predicted molar refractivity (Wildman–Crippen MR) is 50.8 cm³/mol. The summed E-state index contributed by atoms with van der Waals surface area (Å²) in [7, 11) is 0. The van der Waals surface area contributed by atoms with Gasteiger partial charge in [-0.05, 0) is 34.1 Å². The number of fused-ring (bicyclic) bond motifs is 1. The van der Waals surface area contributed by atoms with Gasteiger partial charge in [0.2, 0.25) is 0 Å². The van der Waals surface area contributed by atoms with Crippen LogP contribution in [0.3, 0.4) is 0 Å². The Kier molecular flexibility index (Phi) is 1.69. The van der Waals surface area contributed by atoms with Gasteiger partial charge in [-0.15, -0.1) is 5.10 Å². The fraction of sp³-hybridized carbons (Fsp3) is 0. The SMILES string of the molecule is C=Cc1ncc2ccc(Br)n2n1. The van der Waals surface area contributed by atoms with Crippen LogP contribution in [-0.2, 0) is 0 Å². The second-order valence-corrected chi connectivity index (χ2v) is 3.13. The van der Waals surface area contributed by atoms with Gasteiger partial charge < -0.3 is 0 Å². The first-order valence-corrected chi connectivity index (χ1v) is 4.23. The van der Waals surface area contributed by atoms with E-state index in [2.05, 4.69) is 32.6 Å². The van der Waals surface area contributed by atoms with Crippen molar-refractivity contribution in [2.45, 2.75) is 0 Å². The van der Waals surface area contributed by atoms with Gasteiger partial charge in [-0.1, -0.05) is 6.58 Å². The van der Waals surface area contributed by atoms with Gasteiger partial charge in [-0.25, -0.2) is 9.50 Å². The van der Waals surface area contributed by atoms with Crippen LogP contribution >= 0.6 is 15.9 Å². The van der Waals surface area contributed by atoms with Crippen LogP contribution in [0.2, 0.25) is 0 Å². The van der Waals surface area contributed by atoms with Gasteiger partial charge in [0, 0.05) is 0 Å². The van der Waals surface area contributed by atoms with Crippen LogP contribution in [0.4, 0.5) is 0 Å². The van der Waals surface area contributed by atoms with Gasteiger partial charge in [-0.2, -0.15) is 0 Å². The van der Waals surface area contributed by atoms with E-state index < -0.39 is 0 Å². The average Bonchev–Trinajstić information content (AvgIpc) is 2.47. The van der Waals surface area contributed by atoms with Gasteiger partial charge in [0.05, 0.1) is 11.7 Å². The van der Waals surface area contributed by atoms with Gasteiger partial charge in [0.1, 0.15) is 4.60 Å². The lowest BCUT2D eigenvalue weighted by atomic mass is 10.5. The van der Waals surface area contributed by atoms with Gasteiger partial charge in [-0.3, -0.25) is 0 Å². The van der Waals surface area contributed by atoms with Gasteiger partial charge in [0.15, 0.2) is 5.82 Å². The molecule has 0 N–H and O–H groups in total. The Labute approximate surface area is 77.9 Å². The summed E-state index contributed by atoms with van der Waals surface area (Å²) in [5.41, 5.74) is 0.965. The molecule has 2 aromatic rings. The number of rotatable bonds is 1. The Hall–Kier alpha value is -1.16. The molecule has 0 radical (unpaired) electrons. The Morgan fingerprint density at radius 1 is 1.50 bits per heavy atom. The van der Waals surface area contributed by atoms with Crippen molar-refractivity contribution in [3.05, 3.63) is 35.3 Å². The lowest BCUT2D eigenvalue weighted by Gasteiger charge is -1.95. The molecule has 4 heteroatoms. The summed E-state index contributed by atoms with van der Waals surface area (Å²) in [4.78, 5) is 4.07. The van der Waals surface area contributed by atoms with E-state index in [1.54, 1.807) is 16.8 Å². The van der Waals surface area contributed by atoms with E-state index in [-0.39, 0.29) is 0 Å². The summed E-state index contributed by atoms with van der Waals surface area (Å²) in [6.45, 7) is 3.60. The minimum Gasteiger partial charge on any atom is -0.233 e. The molecule has 0 spiro atoms. The molecule has 0 unspecified atom stereocenters. The first kappa shape index (κ1) is 7.49. The number of hydrogen-bond acceptors (Lipinski definition) is 2. The van der Waals surface area contributed by atoms with Crippen molar-refractivity contribution >= 4 is 27.5 Å². The highest BCUT2D eigenvalue weighted by atomic mass is 79.9. The summed E-state index contributed by atoms with van der Waals surface area (Å²) < 4.78 is 2.69. The van der Waals surface area contributed by atoms with E-state index in [9.17, 15) is 0 Å². The van der Waals surface area contributed by atoms with Crippen molar-refractivity contribution in [3.63, 3.8) is 0 Å². The molecular formula is C8H6BrN3. The van der Waals surface area contributed by atoms with E-state index in [0.29, 0.717) is 5.82 Å². The van der Waals surface area contributed by atoms with Crippen molar-refractivity contribution in [1.29, 1.82) is 0 Å². The lowest BCUT2D eigenvalue weighted by molar-refractivity contribution is 0.873. The third-order valence-electron chi connectivity index (χ3n) is 1.55. The van der Waals surface area contributed by atoms with Crippen LogP contribution in [0, 0.1) is 0 Å². The normalized spacial score (nSPS) is 10.4. The van der Waals surface area contributed by atoms with Crippen LogP contribution < -0.4 is 0 Å². The van der Waals surface area contributed by atoms with E-state index in [0.717, 1.165) is 10.1 Å². The minimum absolute atomic E-state index is 0.624. The monoisotopic (exact) mass is 223 g/mol. The average molecular weight is 224 g/mol. The fourth-order valence-corrected chi connectivity index (χ4v) is 1.39. The summed E-state index contributed by atoms with van der Waals surface area (Å²) in [6, 6.07) is 3.87. The van der Waals surface area contributed by atoms with Crippen molar-refractivity contribution < 1.29 is 0 Å². The Bertz CT molecular complexity index is 433. The molecule has 0 aliphatic carbocycles. The standard InChI is InChI=1S/C8H6BrN3/c1-2-8-10-5-6-3-4-7(9)12(6)11-8/h2-5H,1H2. The smallest absolute Gasteiger partial charge is 0.172 e. The minimum atomic E-state index is 0.624. The van der Waals surface area contributed by atoms with Crippen LogP contribution in [-0.4, -0.2) is 14.6 Å². The summed E-state index contributed by atoms with van der Waals surface area (Å²) >= 11 is 3.37. The predicted octanol–water partition coefficient (Wildman–Crippen LogP) is 2.13. The quantitative estimate of drug-likeness (QED) is 0.742. The van der Waals surface area contributed by atoms with Crippen LogP contribution in [0.15, 0.2) is 29.5 Å². The van der Waals surface area contributed by atoms with Crippen LogP contribution in [0.1, 0.15) is 5.82 Å². The molecule has 0 aliphatic heterocycles.